The Balaban J connectivity index is 1.54. The van der Waals surface area contributed by atoms with Gasteiger partial charge in [0.15, 0.2) is 5.75 Å². The fourth-order valence-electron chi connectivity index (χ4n) is 3.12. The normalized spacial score (nSPS) is 16.7. The first-order valence-electron chi connectivity index (χ1n) is 8.43. The molecular weight excluding hydrogens is 318 g/mol. The van der Waals surface area contributed by atoms with E-state index in [1.54, 1.807) is 19.5 Å². The molecule has 1 saturated heterocycles. The quantitative estimate of drug-likeness (QED) is 0.751. The van der Waals surface area contributed by atoms with Crippen molar-refractivity contribution < 1.29 is 14.3 Å². The van der Waals surface area contributed by atoms with Crippen molar-refractivity contribution in [3.05, 3.63) is 47.8 Å². The predicted molar refractivity (Wildman–Crippen MR) is 94.8 cm³/mol. The summed E-state index contributed by atoms with van der Waals surface area (Å²) in [4.78, 5) is 22.3. The molecule has 132 valence electrons. The van der Waals surface area contributed by atoms with Crippen molar-refractivity contribution in [3.8, 4) is 5.75 Å². The second-order valence-corrected chi connectivity index (χ2v) is 6.30. The molecular formula is C19H23N3O3. The lowest BCUT2D eigenvalue weighted by atomic mass is 9.97. The van der Waals surface area contributed by atoms with Crippen LogP contribution in [0.5, 0.6) is 5.75 Å². The molecule has 25 heavy (non-hydrogen) atoms. The highest BCUT2D eigenvalue weighted by atomic mass is 16.5. The van der Waals surface area contributed by atoms with Crippen LogP contribution >= 0.6 is 0 Å². The predicted octanol–water partition coefficient (Wildman–Crippen LogP) is 2.27. The number of carbonyl (C=O) groups is 1. The van der Waals surface area contributed by atoms with E-state index < -0.39 is 0 Å². The smallest absolute Gasteiger partial charge is 0.309 e. The maximum absolute atomic E-state index is 11.3. The minimum atomic E-state index is -0.210. The highest BCUT2D eigenvalue weighted by molar-refractivity contribution is 5.72. The fraction of sp³-hybridized carbons (Fsp3) is 0.421. The van der Waals surface area contributed by atoms with E-state index >= 15 is 0 Å². The molecule has 1 aromatic carbocycles. The molecule has 1 atom stereocenters. The van der Waals surface area contributed by atoms with Crippen LogP contribution in [0.2, 0.25) is 0 Å². The van der Waals surface area contributed by atoms with Crippen LogP contribution in [0, 0.1) is 5.92 Å². The van der Waals surface area contributed by atoms with E-state index in [0.29, 0.717) is 18.1 Å². The molecule has 0 bridgehead atoms. The molecule has 2 heterocycles. The molecule has 0 spiro atoms. The Hall–Kier alpha value is -2.63. The minimum Gasteiger partial charge on any atom is -0.494 e. The maximum Gasteiger partial charge on any atom is 0.309 e. The number of anilines is 1. The monoisotopic (exact) mass is 341 g/mol. The van der Waals surface area contributed by atoms with Crippen molar-refractivity contribution in [1.29, 1.82) is 0 Å². The van der Waals surface area contributed by atoms with E-state index in [0.717, 1.165) is 37.4 Å². The first kappa shape index (κ1) is 17.2. The average molecular weight is 341 g/mol. The van der Waals surface area contributed by atoms with Crippen molar-refractivity contribution in [2.24, 2.45) is 5.92 Å². The van der Waals surface area contributed by atoms with Crippen LogP contribution in [0.4, 0.5) is 5.95 Å². The van der Waals surface area contributed by atoms with Gasteiger partial charge in [0, 0.05) is 13.1 Å². The van der Waals surface area contributed by atoms with Crippen molar-refractivity contribution >= 4 is 11.9 Å². The fourth-order valence-corrected chi connectivity index (χ4v) is 3.12. The summed E-state index contributed by atoms with van der Waals surface area (Å²) >= 11 is 0. The minimum absolute atomic E-state index is 0.210. The first-order valence-corrected chi connectivity index (χ1v) is 8.43. The summed E-state index contributed by atoms with van der Waals surface area (Å²) in [6.07, 6.45) is 5.87. The summed E-state index contributed by atoms with van der Waals surface area (Å²) in [5.74, 6) is 1.80. The Bertz CT molecular complexity index is 701. The molecule has 2 aromatic rings. The van der Waals surface area contributed by atoms with E-state index in [-0.39, 0.29) is 5.97 Å². The average Bonchev–Trinajstić information content (AvgIpc) is 3.12. The summed E-state index contributed by atoms with van der Waals surface area (Å²) in [5.41, 5.74) is 2.27. The molecule has 0 radical (unpaired) electrons. The van der Waals surface area contributed by atoms with Gasteiger partial charge in [-0.2, -0.15) is 0 Å². The number of benzene rings is 1. The van der Waals surface area contributed by atoms with Gasteiger partial charge in [-0.3, -0.25) is 4.79 Å². The zero-order chi connectivity index (χ0) is 17.6. The number of methoxy groups -OCH3 is 2. The second kappa shape index (κ2) is 7.96. The number of nitrogens with zero attached hydrogens (tertiary/aromatic N) is 3. The number of hydrogen-bond donors (Lipinski definition) is 0. The van der Waals surface area contributed by atoms with Gasteiger partial charge in [0.05, 0.1) is 33.0 Å². The van der Waals surface area contributed by atoms with Crippen LogP contribution in [-0.4, -0.2) is 43.2 Å². The van der Waals surface area contributed by atoms with Gasteiger partial charge in [-0.15, -0.1) is 0 Å². The molecule has 1 unspecified atom stereocenters. The molecule has 0 amide bonds. The van der Waals surface area contributed by atoms with Crippen LogP contribution < -0.4 is 9.64 Å². The molecule has 0 aliphatic carbocycles. The van der Waals surface area contributed by atoms with Crippen LogP contribution in [0.25, 0.3) is 0 Å². The summed E-state index contributed by atoms with van der Waals surface area (Å²) in [5, 5.41) is 0. The SMILES string of the molecule is COC(=O)Cc1ccc(CC2CCN(c3ncc(OC)cn3)C2)cc1. The summed E-state index contributed by atoms with van der Waals surface area (Å²) in [6, 6.07) is 8.22. The second-order valence-electron chi connectivity index (χ2n) is 6.30. The lowest BCUT2D eigenvalue weighted by Gasteiger charge is -2.16. The lowest BCUT2D eigenvalue weighted by molar-refractivity contribution is -0.139. The Labute approximate surface area is 147 Å². The zero-order valence-electron chi connectivity index (χ0n) is 14.6. The zero-order valence-corrected chi connectivity index (χ0v) is 14.6. The number of esters is 1. The van der Waals surface area contributed by atoms with Crippen molar-refractivity contribution in [3.63, 3.8) is 0 Å². The third-order valence-electron chi connectivity index (χ3n) is 4.54. The highest BCUT2D eigenvalue weighted by Crippen LogP contribution is 2.24. The van der Waals surface area contributed by atoms with E-state index in [1.807, 2.05) is 12.1 Å². The summed E-state index contributed by atoms with van der Waals surface area (Å²) < 4.78 is 9.80. The largest absolute Gasteiger partial charge is 0.494 e. The molecule has 3 rings (SSSR count). The number of rotatable bonds is 6. The Morgan fingerprint density at radius 2 is 1.84 bits per heavy atom. The standard InChI is InChI=1S/C19H23N3O3/c1-24-17-11-20-19(21-12-17)22-8-7-16(13-22)9-14-3-5-15(6-4-14)10-18(23)25-2/h3-6,11-12,16H,7-10,13H2,1-2H3. The number of ether oxygens (including phenoxy) is 2. The Morgan fingerprint density at radius 1 is 1.16 bits per heavy atom. The van der Waals surface area contributed by atoms with Gasteiger partial charge in [0.25, 0.3) is 0 Å². The van der Waals surface area contributed by atoms with E-state index in [1.165, 1.54) is 12.7 Å². The molecule has 1 fully saturated rings. The van der Waals surface area contributed by atoms with Crippen LogP contribution in [0.1, 0.15) is 17.5 Å². The van der Waals surface area contributed by atoms with Crippen molar-refractivity contribution in [2.75, 3.05) is 32.2 Å². The third-order valence-corrected chi connectivity index (χ3v) is 4.54. The van der Waals surface area contributed by atoms with Gasteiger partial charge in [-0.1, -0.05) is 24.3 Å². The Morgan fingerprint density at radius 3 is 2.48 bits per heavy atom. The van der Waals surface area contributed by atoms with E-state index in [2.05, 4.69) is 27.0 Å². The molecule has 0 N–H and O–H groups in total. The van der Waals surface area contributed by atoms with Gasteiger partial charge in [-0.05, 0) is 29.9 Å². The van der Waals surface area contributed by atoms with Crippen LogP contribution in [0.3, 0.4) is 0 Å². The van der Waals surface area contributed by atoms with Crippen molar-refractivity contribution in [2.45, 2.75) is 19.3 Å². The summed E-state index contributed by atoms with van der Waals surface area (Å²) in [6.45, 7) is 1.92. The van der Waals surface area contributed by atoms with Crippen LogP contribution in [-0.2, 0) is 22.4 Å². The van der Waals surface area contributed by atoms with Gasteiger partial charge >= 0.3 is 5.97 Å². The van der Waals surface area contributed by atoms with E-state index in [9.17, 15) is 4.79 Å². The Kier molecular flexibility index (Phi) is 5.48. The van der Waals surface area contributed by atoms with Crippen LogP contribution in [0.15, 0.2) is 36.7 Å². The van der Waals surface area contributed by atoms with Gasteiger partial charge < -0.3 is 14.4 Å². The summed E-state index contributed by atoms with van der Waals surface area (Å²) in [7, 11) is 3.02. The number of aromatic nitrogens is 2. The first-order chi connectivity index (χ1) is 12.2. The van der Waals surface area contributed by atoms with Gasteiger partial charge in [0.1, 0.15) is 0 Å². The number of hydrogen-bond acceptors (Lipinski definition) is 6. The number of carbonyl (C=O) groups excluding carboxylic acids is 1. The lowest BCUT2D eigenvalue weighted by Crippen LogP contribution is -2.22. The molecule has 0 saturated carbocycles. The molecule has 6 heteroatoms. The molecule has 1 aliphatic rings. The maximum atomic E-state index is 11.3. The molecule has 6 nitrogen and oxygen atoms in total. The highest BCUT2D eigenvalue weighted by Gasteiger charge is 2.24. The van der Waals surface area contributed by atoms with Gasteiger partial charge in [-0.25, -0.2) is 9.97 Å². The van der Waals surface area contributed by atoms with E-state index in [4.69, 9.17) is 9.47 Å². The molecule has 1 aromatic heterocycles. The van der Waals surface area contributed by atoms with Gasteiger partial charge in [0.2, 0.25) is 5.95 Å². The topological polar surface area (TPSA) is 64.5 Å². The molecule has 1 aliphatic heterocycles. The third kappa shape index (κ3) is 4.47. The van der Waals surface area contributed by atoms with Crippen molar-refractivity contribution in [1.82, 2.24) is 9.97 Å².